The molecule has 0 aromatic heterocycles. The summed E-state index contributed by atoms with van der Waals surface area (Å²) in [5.41, 5.74) is 0. The van der Waals surface area contributed by atoms with Gasteiger partial charge in [0.2, 0.25) is 0 Å². The molecule has 0 rings (SSSR count). The second-order valence-corrected chi connectivity index (χ2v) is 12.2. The minimum Gasteiger partial charge on any atom is -0.396 e. The van der Waals surface area contributed by atoms with Crippen molar-refractivity contribution >= 4 is 11.9 Å². The van der Waals surface area contributed by atoms with Gasteiger partial charge in [-0.25, -0.2) is 0 Å². The molecule has 0 aliphatic rings. The Balaban J connectivity index is 3.82. The van der Waals surface area contributed by atoms with Gasteiger partial charge in [0.1, 0.15) is 0 Å². The van der Waals surface area contributed by atoms with Crippen LogP contribution in [0.25, 0.3) is 0 Å². The summed E-state index contributed by atoms with van der Waals surface area (Å²) in [6.45, 7) is 5.74. The summed E-state index contributed by atoms with van der Waals surface area (Å²) in [4.78, 5) is 24.5. The van der Waals surface area contributed by atoms with Crippen LogP contribution in [0.5, 0.6) is 0 Å². The Bertz CT molecular complexity index is 547. The molecular formula is C35H68O6. The number of aliphatic hydroxyl groups is 2. The van der Waals surface area contributed by atoms with Crippen molar-refractivity contribution in [3.8, 4) is 0 Å². The highest BCUT2D eigenvalue weighted by molar-refractivity contribution is 5.71. The molecular weight excluding hydrogens is 516 g/mol. The molecule has 0 aliphatic heterocycles. The third-order valence-electron chi connectivity index (χ3n) is 8.02. The largest absolute Gasteiger partial charge is 0.400 e. The lowest BCUT2D eigenvalue weighted by Crippen LogP contribution is -2.48. The van der Waals surface area contributed by atoms with E-state index in [0.717, 1.165) is 25.7 Å². The maximum atomic E-state index is 12.2. The number of aliphatic hydroxyl groups excluding tert-OH is 1. The van der Waals surface area contributed by atoms with Gasteiger partial charge in [-0.1, -0.05) is 168 Å². The van der Waals surface area contributed by atoms with Crippen molar-refractivity contribution in [1.82, 2.24) is 0 Å². The van der Waals surface area contributed by atoms with Crippen LogP contribution in [0, 0.1) is 0 Å². The number of rotatable bonds is 31. The number of carbonyl (C=O) groups is 2. The summed E-state index contributed by atoms with van der Waals surface area (Å²) < 4.78 is 10.0. The molecule has 0 aromatic rings. The number of carbonyl (C=O) groups excluding carboxylic acids is 2. The van der Waals surface area contributed by atoms with Crippen LogP contribution < -0.4 is 0 Å². The third-order valence-corrected chi connectivity index (χ3v) is 8.02. The standard InChI is InChI=1S/C35H68O6/c1-4-6-8-10-12-14-16-18-20-22-24-26-28-30-33(37)40-35(39,32(3)36)41-34(38)31-29-27-25-23-21-19-17-15-13-11-9-7-5-2/h32,36,39H,4-31H2,1-3H3. The summed E-state index contributed by atoms with van der Waals surface area (Å²) >= 11 is 0. The monoisotopic (exact) mass is 585 g/mol. The first kappa shape index (κ1) is 39.9. The zero-order valence-electron chi connectivity index (χ0n) is 27.4. The zero-order chi connectivity index (χ0) is 30.4. The van der Waals surface area contributed by atoms with E-state index >= 15 is 0 Å². The van der Waals surface area contributed by atoms with Gasteiger partial charge in [-0.3, -0.25) is 9.59 Å². The van der Waals surface area contributed by atoms with Gasteiger partial charge in [0, 0.05) is 12.8 Å². The summed E-state index contributed by atoms with van der Waals surface area (Å²) in [5, 5.41) is 20.4. The topological polar surface area (TPSA) is 93.1 Å². The smallest absolute Gasteiger partial charge is 0.396 e. The molecule has 0 saturated carbocycles. The van der Waals surface area contributed by atoms with Gasteiger partial charge < -0.3 is 19.7 Å². The molecule has 41 heavy (non-hydrogen) atoms. The Morgan fingerprint density at radius 3 is 0.927 bits per heavy atom. The van der Waals surface area contributed by atoms with Gasteiger partial charge in [0.05, 0.1) is 0 Å². The lowest BCUT2D eigenvalue weighted by Gasteiger charge is -2.29. The van der Waals surface area contributed by atoms with Crippen LogP contribution >= 0.6 is 0 Å². The van der Waals surface area contributed by atoms with Crippen molar-refractivity contribution in [3.63, 3.8) is 0 Å². The molecule has 2 N–H and O–H groups in total. The molecule has 0 spiro atoms. The fourth-order valence-electron chi connectivity index (χ4n) is 5.19. The predicted octanol–water partition coefficient (Wildman–Crippen LogP) is 10.1. The SMILES string of the molecule is CCCCCCCCCCCCCCCC(=O)OC(O)(OC(=O)CCCCCCCCCCCCCCC)C(C)O. The van der Waals surface area contributed by atoms with Gasteiger partial charge in [0.15, 0.2) is 6.10 Å². The van der Waals surface area contributed by atoms with E-state index in [9.17, 15) is 19.8 Å². The van der Waals surface area contributed by atoms with Crippen LogP contribution in [0.2, 0.25) is 0 Å². The van der Waals surface area contributed by atoms with Gasteiger partial charge in [-0.05, 0) is 19.8 Å². The normalized spacial score (nSPS) is 12.4. The van der Waals surface area contributed by atoms with E-state index in [0.29, 0.717) is 12.8 Å². The van der Waals surface area contributed by atoms with Crippen molar-refractivity contribution in [2.24, 2.45) is 0 Å². The second-order valence-electron chi connectivity index (χ2n) is 12.2. The fraction of sp³-hybridized carbons (Fsp3) is 0.943. The lowest BCUT2D eigenvalue weighted by atomic mass is 10.0. The molecule has 0 radical (unpaired) electrons. The quantitative estimate of drug-likeness (QED) is 0.0478. The maximum absolute atomic E-state index is 12.2. The van der Waals surface area contributed by atoms with Crippen molar-refractivity contribution in [2.45, 2.75) is 213 Å². The minimum atomic E-state index is -2.62. The van der Waals surface area contributed by atoms with E-state index in [1.807, 2.05) is 0 Å². The van der Waals surface area contributed by atoms with E-state index < -0.39 is 24.0 Å². The van der Waals surface area contributed by atoms with E-state index in [2.05, 4.69) is 13.8 Å². The fourth-order valence-corrected chi connectivity index (χ4v) is 5.19. The summed E-state index contributed by atoms with van der Waals surface area (Å²) in [5.74, 6) is -3.95. The summed E-state index contributed by atoms with van der Waals surface area (Å²) in [7, 11) is 0. The first-order valence-corrected chi connectivity index (χ1v) is 17.7. The molecule has 0 aromatic carbocycles. The number of ether oxygens (including phenoxy) is 2. The van der Waals surface area contributed by atoms with Gasteiger partial charge in [-0.15, -0.1) is 0 Å². The molecule has 0 aliphatic carbocycles. The Morgan fingerprint density at radius 2 is 0.707 bits per heavy atom. The van der Waals surface area contributed by atoms with Crippen LogP contribution in [0.15, 0.2) is 0 Å². The highest BCUT2D eigenvalue weighted by Gasteiger charge is 2.42. The first-order valence-electron chi connectivity index (χ1n) is 17.7. The zero-order valence-corrected chi connectivity index (χ0v) is 27.4. The first-order chi connectivity index (χ1) is 19.9. The average molecular weight is 585 g/mol. The van der Waals surface area contributed by atoms with Gasteiger partial charge in [-0.2, -0.15) is 0 Å². The van der Waals surface area contributed by atoms with Crippen molar-refractivity contribution < 1.29 is 29.3 Å². The number of hydrogen-bond donors (Lipinski definition) is 2. The predicted molar refractivity (Wildman–Crippen MR) is 169 cm³/mol. The van der Waals surface area contributed by atoms with Gasteiger partial charge in [0.25, 0.3) is 0 Å². The Morgan fingerprint density at radius 1 is 0.488 bits per heavy atom. The average Bonchev–Trinajstić information content (AvgIpc) is 2.93. The van der Waals surface area contributed by atoms with Crippen LogP contribution in [0.1, 0.15) is 201 Å². The summed E-state index contributed by atoms with van der Waals surface area (Å²) in [6.07, 6.45) is 30.2. The van der Waals surface area contributed by atoms with Crippen molar-refractivity contribution in [1.29, 1.82) is 0 Å². The minimum absolute atomic E-state index is 0.128. The molecule has 1 unspecified atom stereocenters. The van der Waals surface area contributed by atoms with Crippen molar-refractivity contribution in [3.05, 3.63) is 0 Å². The van der Waals surface area contributed by atoms with Crippen LogP contribution in [0.3, 0.4) is 0 Å². The molecule has 244 valence electrons. The molecule has 6 nitrogen and oxygen atoms in total. The number of unbranched alkanes of at least 4 members (excludes halogenated alkanes) is 24. The van der Waals surface area contributed by atoms with E-state index in [-0.39, 0.29) is 12.8 Å². The van der Waals surface area contributed by atoms with Crippen LogP contribution in [-0.2, 0) is 19.1 Å². The molecule has 0 fully saturated rings. The Hall–Kier alpha value is -1.14. The Kier molecular flexibility index (Phi) is 28.2. The molecule has 0 bridgehead atoms. The van der Waals surface area contributed by atoms with E-state index in [1.165, 1.54) is 135 Å². The Labute approximate surface area is 253 Å². The van der Waals surface area contributed by atoms with Crippen molar-refractivity contribution in [2.75, 3.05) is 0 Å². The van der Waals surface area contributed by atoms with Gasteiger partial charge >= 0.3 is 17.9 Å². The number of esters is 2. The van der Waals surface area contributed by atoms with Crippen LogP contribution in [0.4, 0.5) is 0 Å². The van der Waals surface area contributed by atoms with E-state index in [1.54, 1.807) is 0 Å². The molecule has 0 saturated heterocycles. The summed E-state index contributed by atoms with van der Waals surface area (Å²) in [6, 6.07) is 0. The lowest BCUT2D eigenvalue weighted by molar-refractivity contribution is -0.358. The maximum Gasteiger partial charge on any atom is 0.400 e. The highest BCUT2D eigenvalue weighted by atomic mass is 16.8. The van der Waals surface area contributed by atoms with Crippen LogP contribution in [-0.4, -0.2) is 34.2 Å². The molecule has 0 amide bonds. The molecule has 1 atom stereocenters. The van der Waals surface area contributed by atoms with E-state index in [4.69, 9.17) is 9.47 Å². The second kappa shape index (κ2) is 29.0. The molecule has 0 heterocycles. The molecule has 6 heteroatoms. The highest BCUT2D eigenvalue weighted by Crippen LogP contribution is 2.20. The third kappa shape index (κ3) is 26.2. The number of hydrogen-bond acceptors (Lipinski definition) is 6.